The molecule has 0 saturated heterocycles. The first kappa shape index (κ1) is 20.8. The molecule has 0 radical (unpaired) electrons. The molecule has 1 aromatic heterocycles. The summed E-state index contributed by atoms with van der Waals surface area (Å²) in [6.45, 7) is 4.52. The Morgan fingerprint density at radius 3 is 2.24 bits per heavy atom. The van der Waals surface area contributed by atoms with Crippen molar-refractivity contribution < 1.29 is 14.3 Å². The van der Waals surface area contributed by atoms with Gasteiger partial charge in [-0.15, -0.1) is 11.3 Å². The van der Waals surface area contributed by atoms with Crippen molar-refractivity contribution in [3.8, 4) is 5.75 Å². The lowest BCUT2D eigenvalue weighted by Gasteiger charge is -2.20. The highest BCUT2D eigenvalue weighted by Crippen LogP contribution is 2.25. The summed E-state index contributed by atoms with van der Waals surface area (Å²) in [5.41, 5.74) is 1.96. The number of hydrogen-bond acceptors (Lipinski definition) is 4. The summed E-state index contributed by atoms with van der Waals surface area (Å²) in [6.07, 6.45) is 0.368. The van der Waals surface area contributed by atoms with Crippen LogP contribution in [0.5, 0.6) is 5.75 Å². The number of rotatable bonds is 9. The number of Topliss-reactive ketones (excluding diaryl/α,β-unsaturated/α-hetero) is 1. The van der Waals surface area contributed by atoms with Gasteiger partial charge in [-0.3, -0.25) is 9.59 Å². The monoisotopic (exact) mass is 407 g/mol. The molecule has 150 valence electrons. The lowest BCUT2D eigenvalue weighted by molar-refractivity contribution is -0.121. The van der Waals surface area contributed by atoms with E-state index >= 15 is 0 Å². The molecule has 3 aromatic rings. The van der Waals surface area contributed by atoms with E-state index in [9.17, 15) is 9.59 Å². The average Bonchev–Trinajstić information content (AvgIpc) is 3.18. The maximum Gasteiger partial charge on any atom is 0.221 e. The maximum absolute atomic E-state index is 12.6. The van der Waals surface area contributed by atoms with Gasteiger partial charge in [-0.1, -0.05) is 42.5 Å². The van der Waals surface area contributed by atoms with Crippen molar-refractivity contribution >= 4 is 23.0 Å². The maximum atomic E-state index is 12.6. The summed E-state index contributed by atoms with van der Waals surface area (Å²) < 4.78 is 5.51. The highest BCUT2D eigenvalue weighted by Gasteiger charge is 2.18. The van der Waals surface area contributed by atoms with Crippen molar-refractivity contribution in [2.75, 3.05) is 6.61 Å². The summed E-state index contributed by atoms with van der Waals surface area (Å²) in [5.74, 6) is 0.663. The Morgan fingerprint density at radius 1 is 0.931 bits per heavy atom. The molecule has 1 unspecified atom stereocenters. The summed E-state index contributed by atoms with van der Waals surface area (Å²) in [4.78, 5) is 26.7. The molecule has 1 heterocycles. The molecule has 0 fully saturated rings. The van der Waals surface area contributed by atoms with Gasteiger partial charge < -0.3 is 10.1 Å². The summed E-state index contributed by atoms with van der Waals surface area (Å²) in [5, 5.41) is 3.08. The first-order valence-corrected chi connectivity index (χ1v) is 10.5. The van der Waals surface area contributed by atoms with Gasteiger partial charge >= 0.3 is 0 Å². The van der Waals surface area contributed by atoms with Crippen LogP contribution in [0, 0.1) is 6.92 Å². The van der Waals surface area contributed by atoms with Crippen LogP contribution in [0.1, 0.15) is 51.5 Å². The smallest absolute Gasteiger partial charge is 0.221 e. The minimum absolute atomic E-state index is 0.00979. The molecule has 1 N–H and O–H groups in total. The molecule has 1 amide bonds. The summed E-state index contributed by atoms with van der Waals surface area (Å²) in [7, 11) is 0. The fourth-order valence-electron chi connectivity index (χ4n) is 3.10. The first-order chi connectivity index (χ1) is 14.1. The molecule has 3 rings (SSSR count). The van der Waals surface area contributed by atoms with Gasteiger partial charge in [0.2, 0.25) is 5.91 Å². The Hall–Kier alpha value is -2.92. The molecule has 0 aliphatic rings. The number of ether oxygens (including phenoxy) is 1. The molecule has 0 bridgehead atoms. The van der Waals surface area contributed by atoms with Crippen LogP contribution in [0.4, 0.5) is 0 Å². The van der Waals surface area contributed by atoms with Crippen molar-refractivity contribution in [1.82, 2.24) is 5.32 Å². The Labute approximate surface area is 175 Å². The molecule has 0 spiro atoms. The van der Waals surface area contributed by atoms with Crippen LogP contribution in [-0.2, 0) is 4.79 Å². The minimum Gasteiger partial charge on any atom is -0.494 e. The SMILES string of the molecule is CCOc1ccc(C(NC(=O)CCC(=O)c2ccc(C)s2)c2ccccc2)cc1. The van der Waals surface area contributed by atoms with E-state index in [1.165, 1.54) is 11.3 Å². The van der Waals surface area contributed by atoms with Gasteiger partial charge in [-0.2, -0.15) is 0 Å². The largest absolute Gasteiger partial charge is 0.494 e. The van der Waals surface area contributed by atoms with Gasteiger partial charge in [0, 0.05) is 17.7 Å². The number of benzene rings is 2. The predicted molar refractivity (Wildman–Crippen MR) is 117 cm³/mol. The van der Waals surface area contributed by atoms with E-state index < -0.39 is 0 Å². The minimum atomic E-state index is -0.279. The predicted octanol–water partition coefficient (Wildman–Crippen LogP) is 5.32. The summed E-state index contributed by atoms with van der Waals surface area (Å²) >= 11 is 1.47. The van der Waals surface area contributed by atoms with Gasteiger partial charge in [0.05, 0.1) is 17.5 Å². The quantitative estimate of drug-likeness (QED) is 0.488. The number of aryl methyl sites for hydroxylation is 1. The van der Waals surface area contributed by atoms with E-state index in [0.717, 1.165) is 21.8 Å². The van der Waals surface area contributed by atoms with Gasteiger partial charge in [0.1, 0.15) is 5.75 Å². The van der Waals surface area contributed by atoms with Gasteiger partial charge in [0.15, 0.2) is 5.78 Å². The normalized spacial score (nSPS) is 11.7. The Balaban J connectivity index is 1.69. The zero-order chi connectivity index (χ0) is 20.6. The highest BCUT2D eigenvalue weighted by atomic mass is 32.1. The topological polar surface area (TPSA) is 55.4 Å². The number of carbonyl (C=O) groups is 2. The lowest BCUT2D eigenvalue weighted by Crippen LogP contribution is -2.29. The molecule has 0 saturated carbocycles. The Bertz CT molecular complexity index is 948. The first-order valence-electron chi connectivity index (χ1n) is 9.73. The van der Waals surface area contributed by atoms with Gasteiger partial charge in [0.25, 0.3) is 0 Å². The second kappa shape index (κ2) is 10.0. The molecule has 5 heteroatoms. The van der Waals surface area contributed by atoms with E-state index in [2.05, 4.69) is 5.32 Å². The zero-order valence-corrected chi connectivity index (χ0v) is 17.5. The van der Waals surface area contributed by atoms with Crippen LogP contribution in [-0.4, -0.2) is 18.3 Å². The Kier molecular flexibility index (Phi) is 7.19. The van der Waals surface area contributed by atoms with Crippen LogP contribution in [0.25, 0.3) is 0 Å². The van der Waals surface area contributed by atoms with E-state index in [0.29, 0.717) is 11.5 Å². The molecule has 2 aromatic carbocycles. The molecule has 1 atom stereocenters. The van der Waals surface area contributed by atoms with E-state index in [4.69, 9.17) is 4.74 Å². The fourth-order valence-corrected chi connectivity index (χ4v) is 3.93. The van der Waals surface area contributed by atoms with Crippen molar-refractivity contribution in [2.24, 2.45) is 0 Å². The van der Waals surface area contributed by atoms with Gasteiger partial charge in [-0.25, -0.2) is 0 Å². The average molecular weight is 408 g/mol. The number of ketones is 1. The van der Waals surface area contributed by atoms with E-state index in [1.807, 2.05) is 80.6 Å². The second-order valence-electron chi connectivity index (χ2n) is 6.75. The second-order valence-corrected chi connectivity index (χ2v) is 8.03. The van der Waals surface area contributed by atoms with Crippen molar-refractivity contribution in [3.05, 3.63) is 87.6 Å². The standard InChI is InChI=1S/C24H25NO3S/c1-3-28-20-12-10-19(11-13-20)24(18-7-5-4-6-8-18)25-23(27)16-14-21(26)22-15-9-17(2)29-22/h4-13,15,24H,3,14,16H2,1-2H3,(H,25,27). The molecular weight excluding hydrogens is 382 g/mol. The summed E-state index contributed by atoms with van der Waals surface area (Å²) in [6, 6.07) is 21.0. The number of hydrogen-bond donors (Lipinski definition) is 1. The van der Waals surface area contributed by atoms with E-state index in [1.54, 1.807) is 0 Å². The Morgan fingerprint density at radius 2 is 1.62 bits per heavy atom. The van der Waals surface area contributed by atoms with Crippen molar-refractivity contribution in [3.63, 3.8) is 0 Å². The van der Waals surface area contributed by atoms with E-state index in [-0.39, 0.29) is 30.6 Å². The third kappa shape index (κ3) is 5.78. The molecule has 0 aliphatic carbocycles. The van der Waals surface area contributed by atoms with Crippen LogP contribution in [0.15, 0.2) is 66.7 Å². The molecule has 29 heavy (non-hydrogen) atoms. The zero-order valence-electron chi connectivity index (χ0n) is 16.7. The third-order valence-electron chi connectivity index (χ3n) is 4.56. The van der Waals surface area contributed by atoms with Crippen LogP contribution < -0.4 is 10.1 Å². The molecule has 4 nitrogen and oxygen atoms in total. The third-order valence-corrected chi connectivity index (χ3v) is 5.60. The fraction of sp³-hybridized carbons (Fsp3) is 0.250. The lowest BCUT2D eigenvalue weighted by atomic mass is 9.98. The van der Waals surface area contributed by atoms with Crippen molar-refractivity contribution in [1.29, 1.82) is 0 Å². The van der Waals surface area contributed by atoms with Crippen LogP contribution >= 0.6 is 11.3 Å². The molecule has 0 aliphatic heterocycles. The number of thiophene rings is 1. The van der Waals surface area contributed by atoms with Crippen molar-refractivity contribution in [2.45, 2.75) is 32.7 Å². The molecular formula is C24H25NO3S. The van der Waals surface area contributed by atoms with Crippen LogP contribution in [0.2, 0.25) is 0 Å². The van der Waals surface area contributed by atoms with Gasteiger partial charge in [-0.05, 0) is 49.2 Å². The number of nitrogens with one attached hydrogen (secondary N) is 1. The van der Waals surface area contributed by atoms with Crippen LogP contribution in [0.3, 0.4) is 0 Å². The number of carbonyl (C=O) groups excluding carboxylic acids is 2. The number of amides is 1. The highest BCUT2D eigenvalue weighted by molar-refractivity contribution is 7.14.